The third kappa shape index (κ3) is 2.36. The van der Waals surface area contributed by atoms with Crippen LogP contribution in [0.1, 0.15) is 11.5 Å². The van der Waals surface area contributed by atoms with E-state index in [0.29, 0.717) is 17.1 Å². The van der Waals surface area contributed by atoms with Crippen LogP contribution in [0.25, 0.3) is 0 Å². The fraction of sp³-hybridized carbons (Fsp3) is 0.200. The minimum atomic E-state index is -0.893. The summed E-state index contributed by atoms with van der Waals surface area (Å²) in [6.07, 6.45) is 0. The number of benzene rings is 1. The van der Waals surface area contributed by atoms with Gasteiger partial charge in [-0.25, -0.2) is 0 Å². The zero-order chi connectivity index (χ0) is 16.3. The van der Waals surface area contributed by atoms with Gasteiger partial charge < -0.3 is 19.7 Å². The fourth-order valence-electron chi connectivity index (χ4n) is 2.27. The molecule has 0 fully saturated rings. The molecule has 3 N–H and O–H groups in total. The standard InChI is InChI=1S/C15H13N3O4/c1-21-11-4-3-8(5-12(11)22-2)13-9(6-16)14(19)18-15(20)10(13)7-17/h3-5,13,18-20H,1-2H3. The van der Waals surface area contributed by atoms with Crippen molar-refractivity contribution in [2.75, 3.05) is 14.2 Å². The molecule has 1 aromatic carbocycles. The van der Waals surface area contributed by atoms with E-state index in [9.17, 15) is 20.7 Å². The summed E-state index contributed by atoms with van der Waals surface area (Å²) in [5, 5.41) is 40.3. The van der Waals surface area contributed by atoms with E-state index in [0.717, 1.165) is 0 Å². The lowest BCUT2D eigenvalue weighted by Gasteiger charge is -2.23. The van der Waals surface area contributed by atoms with Crippen molar-refractivity contribution < 1.29 is 19.7 Å². The number of nitriles is 2. The highest BCUT2D eigenvalue weighted by molar-refractivity contribution is 5.56. The number of hydrogen-bond donors (Lipinski definition) is 3. The lowest BCUT2D eigenvalue weighted by molar-refractivity contribution is 0.295. The first kappa shape index (κ1) is 15.1. The van der Waals surface area contributed by atoms with Gasteiger partial charge in [0.15, 0.2) is 11.5 Å². The van der Waals surface area contributed by atoms with Crippen molar-refractivity contribution in [2.24, 2.45) is 0 Å². The lowest BCUT2D eigenvalue weighted by Crippen LogP contribution is -2.25. The van der Waals surface area contributed by atoms with Crippen LogP contribution in [0.4, 0.5) is 0 Å². The fourth-order valence-corrected chi connectivity index (χ4v) is 2.27. The molecule has 0 unspecified atom stereocenters. The SMILES string of the molecule is COc1ccc(C2C(C#N)=C(O)NC(O)=C2C#N)cc1OC. The molecular weight excluding hydrogens is 286 g/mol. The summed E-state index contributed by atoms with van der Waals surface area (Å²) in [5.41, 5.74) is 0.369. The van der Waals surface area contributed by atoms with E-state index >= 15 is 0 Å². The Hall–Kier alpha value is -3.32. The molecule has 2 rings (SSSR count). The van der Waals surface area contributed by atoms with Crippen LogP contribution in [0.2, 0.25) is 0 Å². The maximum atomic E-state index is 9.80. The van der Waals surface area contributed by atoms with Gasteiger partial charge in [0.05, 0.1) is 20.1 Å². The third-order valence-corrected chi connectivity index (χ3v) is 3.31. The normalized spacial score (nSPS) is 14.9. The summed E-state index contributed by atoms with van der Waals surface area (Å²) in [7, 11) is 2.95. The van der Waals surface area contributed by atoms with Gasteiger partial charge in [0.1, 0.15) is 23.3 Å². The van der Waals surface area contributed by atoms with Gasteiger partial charge in [-0.15, -0.1) is 0 Å². The highest BCUT2D eigenvalue weighted by atomic mass is 16.5. The van der Waals surface area contributed by atoms with E-state index in [2.05, 4.69) is 5.32 Å². The molecule has 22 heavy (non-hydrogen) atoms. The number of nitrogens with one attached hydrogen (secondary N) is 1. The molecule has 0 amide bonds. The van der Waals surface area contributed by atoms with Crippen LogP contribution in [0.15, 0.2) is 41.1 Å². The number of methoxy groups -OCH3 is 2. The smallest absolute Gasteiger partial charge is 0.206 e. The van der Waals surface area contributed by atoms with Gasteiger partial charge >= 0.3 is 0 Å². The second kappa shape index (κ2) is 5.98. The zero-order valence-corrected chi connectivity index (χ0v) is 11.9. The van der Waals surface area contributed by atoms with Crippen molar-refractivity contribution in [1.29, 1.82) is 10.5 Å². The van der Waals surface area contributed by atoms with E-state index in [1.807, 2.05) is 12.1 Å². The highest BCUT2D eigenvalue weighted by Gasteiger charge is 2.33. The molecule has 0 aliphatic carbocycles. The van der Waals surface area contributed by atoms with E-state index < -0.39 is 17.7 Å². The van der Waals surface area contributed by atoms with E-state index in [1.165, 1.54) is 14.2 Å². The van der Waals surface area contributed by atoms with Crippen LogP contribution in [0, 0.1) is 22.7 Å². The van der Waals surface area contributed by atoms with Gasteiger partial charge in [-0.1, -0.05) is 6.07 Å². The van der Waals surface area contributed by atoms with Gasteiger partial charge in [-0.05, 0) is 17.7 Å². The predicted molar refractivity (Wildman–Crippen MR) is 76.0 cm³/mol. The third-order valence-electron chi connectivity index (χ3n) is 3.31. The van der Waals surface area contributed by atoms with Gasteiger partial charge in [-0.2, -0.15) is 10.5 Å². The highest BCUT2D eigenvalue weighted by Crippen LogP contribution is 2.39. The average molecular weight is 299 g/mol. The van der Waals surface area contributed by atoms with Crippen molar-refractivity contribution in [2.45, 2.75) is 5.92 Å². The zero-order valence-electron chi connectivity index (χ0n) is 11.9. The Morgan fingerprint density at radius 2 is 1.55 bits per heavy atom. The van der Waals surface area contributed by atoms with Gasteiger partial charge in [0, 0.05) is 0 Å². The molecule has 1 heterocycles. The number of aliphatic hydroxyl groups excluding tert-OH is 2. The maximum absolute atomic E-state index is 9.80. The summed E-state index contributed by atoms with van der Waals surface area (Å²) in [4.78, 5) is 0. The van der Waals surface area contributed by atoms with Crippen molar-refractivity contribution in [3.63, 3.8) is 0 Å². The first-order chi connectivity index (χ1) is 10.6. The number of ether oxygens (including phenoxy) is 2. The number of aliphatic hydroxyl groups is 2. The van der Waals surface area contributed by atoms with Crippen LogP contribution in [0.3, 0.4) is 0 Å². The van der Waals surface area contributed by atoms with Crippen LogP contribution in [-0.2, 0) is 0 Å². The molecule has 0 saturated heterocycles. The minimum absolute atomic E-state index is 0.0680. The molecule has 1 aromatic rings. The van der Waals surface area contributed by atoms with Gasteiger partial charge in [-0.3, -0.25) is 5.32 Å². The second-order valence-corrected chi connectivity index (χ2v) is 4.42. The Morgan fingerprint density at radius 1 is 1.00 bits per heavy atom. The second-order valence-electron chi connectivity index (χ2n) is 4.42. The number of hydrogen-bond acceptors (Lipinski definition) is 7. The van der Waals surface area contributed by atoms with Crippen LogP contribution in [0.5, 0.6) is 11.5 Å². The molecule has 0 spiro atoms. The minimum Gasteiger partial charge on any atom is -0.494 e. The quantitative estimate of drug-likeness (QED) is 0.780. The monoisotopic (exact) mass is 299 g/mol. The van der Waals surface area contributed by atoms with Crippen molar-refractivity contribution in [1.82, 2.24) is 5.32 Å². The first-order valence-corrected chi connectivity index (χ1v) is 6.22. The molecule has 1 aliphatic heterocycles. The Balaban J connectivity index is 2.64. The molecular formula is C15H13N3O4. The van der Waals surface area contributed by atoms with Crippen molar-refractivity contribution in [3.8, 4) is 23.6 Å². The van der Waals surface area contributed by atoms with Gasteiger partial charge in [0.25, 0.3) is 0 Å². The topological polar surface area (TPSA) is 119 Å². The molecule has 0 bridgehead atoms. The molecule has 0 aromatic heterocycles. The molecule has 0 saturated carbocycles. The van der Waals surface area contributed by atoms with Crippen LogP contribution >= 0.6 is 0 Å². The summed E-state index contributed by atoms with van der Waals surface area (Å²) in [6, 6.07) is 8.54. The Morgan fingerprint density at radius 3 is 2.00 bits per heavy atom. The van der Waals surface area contributed by atoms with Crippen molar-refractivity contribution >= 4 is 0 Å². The largest absolute Gasteiger partial charge is 0.494 e. The molecule has 0 radical (unpaired) electrons. The molecule has 1 aliphatic rings. The van der Waals surface area contributed by atoms with Crippen LogP contribution in [-0.4, -0.2) is 24.4 Å². The number of rotatable bonds is 3. The lowest BCUT2D eigenvalue weighted by atomic mass is 9.84. The summed E-state index contributed by atoms with van der Waals surface area (Å²) < 4.78 is 10.3. The molecule has 112 valence electrons. The molecule has 7 nitrogen and oxygen atoms in total. The summed E-state index contributed by atoms with van der Waals surface area (Å²) >= 11 is 0. The number of nitrogens with zero attached hydrogens (tertiary/aromatic N) is 2. The summed E-state index contributed by atoms with van der Waals surface area (Å²) in [6.45, 7) is 0. The van der Waals surface area contributed by atoms with E-state index in [4.69, 9.17) is 9.47 Å². The summed E-state index contributed by atoms with van der Waals surface area (Å²) in [5.74, 6) is -0.973. The van der Waals surface area contributed by atoms with Crippen LogP contribution < -0.4 is 14.8 Å². The molecule has 0 atom stereocenters. The molecule has 7 heteroatoms. The van der Waals surface area contributed by atoms with E-state index in [1.54, 1.807) is 18.2 Å². The average Bonchev–Trinajstić information content (AvgIpc) is 2.53. The maximum Gasteiger partial charge on any atom is 0.206 e. The Kier molecular flexibility index (Phi) is 4.10. The Labute approximate surface area is 126 Å². The predicted octanol–water partition coefficient (Wildman–Crippen LogP) is 1.98. The first-order valence-electron chi connectivity index (χ1n) is 6.22. The Bertz CT molecular complexity index is 717. The van der Waals surface area contributed by atoms with Gasteiger partial charge in [0.2, 0.25) is 11.8 Å². The number of dihydropyridines is 1. The number of allylic oxidation sites excluding steroid dienone is 2. The van der Waals surface area contributed by atoms with Crippen molar-refractivity contribution in [3.05, 3.63) is 46.7 Å². The van der Waals surface area contributed by atoms with E-state index in [-0.39, 0.29) is 11.1 Å².